The van der Waals surface area contributed by atoms with E-state index in [1.54, 1.807) is 0 Å². The molecule has 1 aliphatic carbocycles. The largest absolute Gasteiger partial charge is 0.389 e. The van der Waals surface area contributed by atoms with Crippen molar-refractivity contribution in [2.24, 2.45) is 5.73 Å². The summed E-state index contributed by atoms with van der Waals surface area (Å²) in [5.74, 6) is 0.682. The number of aryl methyl sites for hydroxylation is 1. The Hall–Kier alpha value is -3.07. The summed E-state index contributed by atoms with van der Waals surface area (Å²) < 4.78 is 40.4. The lowest BCUT2D eigenvalue weighted by molar-refractivity contribution is -0.135. The van der Waals surface area contributed by atoms with Crippen LogP contribution in [0.2, 0.25) is 0 Å². The van der Waals surface area contributed by atoms with Crippen LogP contribution in [-0.4, -0.2) is 32.7 Å². The number of nitrogens with zero attached hydrogens (tertiary/aromatic N) is 3. The van der Waals surface area contributed by atoms with E-state index < -0.39 is 12.6 Å². The van der Waals surface area contributed by atoms with Crippen LogP contribution in [0, 0.1) is 0 Å². The number of para-hydroxylation sites is 1. The number of fused-ring (bicyclic) bond motifs is 2. The number of nitrogens with one attached hydrogen (secondary N) is 1. The highest BCUT2D eigenvalue weighted by molar-refractivity contribution is 5.93. The van der Waals surface area contributed by atoms with Crippen LogP contribution in [0.4, 0.5) is 23.7 Å². The number of nitrogens with two attached hydrogens (primary N) is 1. The zero-order chi connectivity index (χ0) is 23.2. The molecule has 5 rings (SSSR count). The van der Waals surface area contributed by atoms with E-state index in [-0.39, 0.29) is 31.1 Å². The molecule has 0 saturated heterocycles. The van der Waals surface area contributed by atoms with Gasteiger partial charge in [-0.3, -0.25) is 0 Å². The Morgan fingerprint density at radius 3 is 2.67 bits per heavy atom. The number of hydrogen-bond donors (Lipinski definition) is 2. The van der Waals surface area contributed by atoms with Gasteiger partial charge in [0.25, 0.3) is 0 Å². The van der Waals surface area contributed by atoms with E-state index in [2.05, 4.69) is 5.32 Å². The minimum atomic E-state index is -4.20. The van der Waals surface area contributed by atoms with Gasteiger partial charge in [-0.05, 0) is 48.6 Å². The number of rotatable bonds is 7. The van der Waals surface area contributed by atoms with Crippen molar-refractivity contribution in [1.82, 2.24) is 14.5 Å². The number of alkyl halides is 3. The van der Waals surface area contributed by atoms with E-state index in [0.717, 1.165) is 35.2 Å². The van der Waals surface area contributed by atoms with Crippen molar-refractivity contribution in [3.8, 4) is 0 Å². The second kappa shape index (κ2) is 8.37. The number of hydrogen-bond acceptors (Lipinski definition) is 3. The summed E-state index contributed by atoms with van der Waals surface area (Å²) in [6, 6.07) is 13.2. The molecule has 1 unspecified atom stereocenters. The molecule has 33 heavy (non-hydrogen) atoms. The first-order chi connectivity index (χ1) is 15.8. The molecule has 3 aromatic rings. The molecule has 1 saturated carbocycles. The number of aromatic nitrogens is 2. The number of carbonyl (C=O) groups excluding carboxylic acids is 1. The minimum Gasteiger partial charge on any atom is -0.328 e. The fourth-order valence-corrected chi connectivity index (χ4v) is 4.72. The molecule has 1 aromatic heterocycles. The Kier molecular flexibility index (Phi) is 5.52. The fourth-order valence-electron chi connectivity index (χ4n) is 4.72. The van der Waals surface area contributed by atoms with Gasteiger partial charge < -0.3 is 20.5 Å². The summed E-state index contributed by atoms with van der Waals surface area (Å²) >= 11 is 0. The molecule has 6 nitrogen and oxygen atoms in total. The van der Waals surface area contributed by atoms with Crippen molar-refractivity contribution in [3.63, 3.8) is 0 Å². The van der Waals surface area contributed by atoms with Gasteiger partial charge in [0.15, 0.2) is 0 Å². The van der Waals surface area contributed by atoms with Gasteiger partial charge in [0.1, 0.15) is 5.82 Å². The zero-order valence-corrected chi connectivity index (χ0v) is 18.1. The maximum atomic E-state index is 12.9. The molecule has 1 fully saturated rings. The van der Waals surface area contributed by atoms with Crippen LogP contribution in [0.25, 0.3) is 11.0 Å². The molecule has 0 radical (unpaired) electrons. The van der Waals surface area contributed by atoms with Gasteiger partial charge in [-0.2, -0.15) is 13.2 Å². The van der Waals surface area contributed by atoms with E-state index in [1.165, 1.54) is 0 Å². The molecule has 2 heterocycles. The van der Waals surface area contributed by atoms with Gasteiger partial charge in [0.2, 0.25) is 0 Å². The van der Waals surface area contributed by atoms with Crippen LogP contribution < -0.4 is 11.1 Å². The predicted octanol–water partition coefficient (Wildman–Crippen LogP) is 5.13. The average molecular weight is 458 g/mol. The molecule has 0 bridgehead atoms. The first-order valence-corrected chi connectivity index (χ1v) is 11.3. The molecule has 2 amide bonds. The zero-order valence-electron chi connectivity index (χ0n) is 18.1. The number of imidazole rings is 1. The van der Waals surface area contributed by atoms with E-state index in [9.17, 15) is 18.0 Å². The standard InChI is InChI=1S/C24H26F3N5O/c25-24(26,27)10-3-11-31-20-9-6-15(14-28)12-19(20)29-22(31)13-21-17-4-1-2-5-18(17)30-23(33)32(21)16-7-8-16/h1-2,4-6,9,12,16,21H,3,7-8,10-11,13-14,28H2,(H,30,33). The van der Waals surface area contributed by atoms with Gasteiger partial charge in [-0.1, -0.05) is 24.3 Å². The smallest absolute Gasteiger partial charge is 0.328 e. The maximum Gasteiger partial charge on any atom is 0.389 e. The third-order valence-electron chi connectivity index (χ3n) is 6.42. The summed E-state index contributed by atoms with van der Waals surface area (Å²) in [5.41, 5.74) is 9.97. The van der Waals surface area contributed by atoms with Crippen LogP contribution in [0.1, 0.15) is 48.7 Å². The average Bonchev–Trinajstić information content (AvgIpc) is 3.55. The number of benzene rings is 2. The van der Waals surface area contributed by atoms with Crippen molar-refractivity contribution in [1.29, 1.82) is 0 Å². The van der Waals surface area contributed by atoms with E-state index in [1.807, 2.05) is 51.9 Å². The molecule has 2 aliphatic rings. The lowest BCUT2D eigenvalue weighted by Gasteiger charge is -2.37. The van der Waals surface area contributed by atoms with Crippen molar-refractivity contribution in [2.45, 2.75) is 63.5 Å². The highest BCUT2D eigenvalue weighted by Crippen LogP contribution is 2.42. The Balaban J connectivity index is 1.54. The Morgan fingerprint density at radius 2 is 1.94 bits per heavy atom. The molecule has 2 aromatic carbocycles. The third kappa shape index (κ3) is 4.42. The van der Waals surface area contributed by atoms with Gasteiger partial charge in [-0.25, -0.2) is 9.78 Å². The summed E-state index contributed by atoms with van der Waals surface area (Å²) in [5, 5.41) is 2.98. The van der Waals surface area contributed by atoms with Crippen LogP contribution in [0.5, 0.6) is 0 Å². The van der Waals surface area contributed by atoms with Gasteiger partial charge in [0, 0.05) is 37.7 Å². The Labute approximate surface area is 189 Å². The summed E-state index contributed by atoms with van der Waals surface area (Å²) in [7, 11) is 0. The second-order valence-corrected chi connectivity index (χ2v) is 8.80. The summed E-state index contributed by atoms with van der Waals surface area (Å²) in [6.07, 6.45) is -2.75. The van der Waals surface area contributed by atoms with Crippen LogP contribution in [-0.2, 0) is 19.5 Å². The van der Waals surface area contributed by atoms with Crippen molar-refractivity contribution >= 4 is 22.8 Å². The number of anilines is 1. The van der Waals surface area contributed by atoms with Crippen LogP contribution >= 0.6 is 0 Å². The first kappa shape index (κ1) is 21.8. The molecular formula is C24H26F3N5O. The summed E-state index contributed by atoms with van der Waals surface area (Å²) in [6.45, 7) is 0.565. The molecule has 0 spiro atoms. The monoisotopic (exact) mass is 457 g/mol. The normalized spacial score (nSPS) is 18.5. The summed E-state index contributed by atoms with van der Waals surface area (Å²) in [4.78, 5) is 19.6. The number of amides is 2. The number of carbonyl (C=O) groups is 1. The first-order valence-electron chi connectivity index (χ1n) is 11.3. The Bertz CT molecular complexity index is 1180. The van der Waals surface area contributed by atoms with Gasteiger partial charge in [-0.15, -0.1) is 0 Å². The second-order valence-electron chi connectivity index (χ2n) is 8.80. The molecule has 1 atom stereocenters. The molecule has 3 N–H and O–H groups in total. The van der Waals surface area contributed by atoms with Crippen LogP contribution in [0.15, 0.2) is 42.5 Å². The number of urea groups is 1. The van der Waals surface area contributed by atoms with Crippen molar-refractivity contribution in [2.75, 3.05) is 5.32 Å². The molecule has 174 valence electrons. The molecule has 9 heteroatoms. The minimum absolute atomic E-state index is 0.0331. The van der Waals surface area contributed by atoms with E-state index >= 15 is 0 Å². The van der Waals surface area contributed by atoms with Crippen molar-refractivity contribution < 1.29 is 18.0 Å². The fraction of sp³-hybridized carbons (Fsp3) is 0.417. The Morgan fingerprint density at radius 1 is 1.15 bits per heavy atom. The van der Waals surface area contributed by atoms with E-state index in [4.69, 9.17) is 10.7 Å². The lowest BCUT2D eigenvalue weighted by Crippen LogP contribution is -2.44. The van der Waals surface area contributed by atoms with Gasteiger partial charge >= 0.3 is 12.2 Å². The predicted molar refractivity (Wildman–Crippen MR) is 120 cm³/mol. The maximum absolute atomic E-state index is 12.9. The highest BCUT2D eigenvalue weighted by atomic mass is 19.4. The SMILES string of the molecule is NCc1ccc2c(c1)nc(CC1c3ccccc3NC(=O)N1C1CC1)n2CCCC(F)(F)F. The molecule has 1 aliphatic heterocycles. The number of halogens is 3. The third-order valence-corrected chi connectivity index (χ3v) is 6.42. The van der Waals surface area contributed by atoms with Gasteiger partial charge in [0.05, 0.1) is 17.1 Å². The van der Waals surface area contributed by atoms with Crippen molar-refractivity contribution in [3.05, 3.63) is 59.4 Å². The quantitative estimate of drug-likeness (QED) is 0.516. The molecular weight excluding hydrogens is 431 g/mol. The lowest BCUT2D eigenvalue weighted by atomic mass is 9.97. The topological polar surface area (TPSA) is 76.2 Å². The van der Waals surface area contributed by atoms with E-state index in [0.29, 0.717) is 24.3 Å². The highest BCUT2D eigenvalue weighted by Gasteiger charge is 2.42. The van der Waals surface area contributed by atoms with Crippen LogP contribution in [0.3, 0.4) is 0 Å².